The fourth-order valence-electron chi connectivity index (χ4n) is 2.44. The Kier molecular flexibility index (Phi) is 6.74. The van der Waals surface area contributed by atoms with Crippen molar-refractivity contribution in [2.24, 2.45) is 5.73 Å². The van der Waals surface area contributed by atoms with Crippen molar-refractivity contribution in [2.75, 3.05) is 19.0 Å². The van der Waals surface area contributed by atoms with Crippen LogP contribution in [-0.4, -0.2) is 30.6 Å². The van der Waals surface area contributed by atoms with Gasteiger partial charge in [0.1, 0.15) is 5.56 Å². The topological polar surface area (TPSA) is 146 Å². The number of hydrogen-bond acceptors (Lipinski definition) is 6. The minimum atomic E-state index is -0.682. The van der Waals surface area contributed by atoms with E-state index in [9.17, 15) is 19.7 Å². The highest BCUT2D eigenvalue weighted by molar-refractivity contribution is 5.99. The Labute approximate surface area is 160 Å². The molecule has 2 rings (SSSR count). The molecule has 10 nitrogen and oxygen atoms in total. The number of hydrogen-bond donors (Lipinski definition) is 3. The van der Waals surface area contributed by atoms with Gasteiger partial charge < -0.3 is 25.8 Å². The number of amides is 3. The van der Waals surface area contributed by atoms with E-state index in [0.29, 0.717) is 12.3 Å². The zero-order valence-electron chi connectivity index (χ0n) is 15.4. The molecule has 28 heavy (non-hydrogen) atoms. The molecule has 148 valence electrons. The van der Waals surface area contributed by atoms with E-state index in [-0.39, 0.29) is 29.3 Å². The molecule has 0 aliphatic carbocycles. The number of anilines is 1. The van der Waals surface area contributed by atoms with Crippen molar-refractivity contribution in [3.63, 3.8) is 0 Å². The van der Waals surface area contributed by atoms with Crippen LogP contribution < -0.4 is 25.8 Å². The Morgan fingerprint density at radius 3 is 2.39 bits per heavy atom. The zero-order chi connectivity index (χ0) is 20.7. The summed E-state index contributed by atoms with van der Waals surface area (Å²) < 4.78 is 10.5. The highest BCUT2D eigenvalue weighted by Crippen LogP contribution is 2.34. The molecule has 10 heteroatoms. The maximum atomic E-state index is 12.5. The average Bonchev–Trinajstić information content (AvgIpc) is 2.66. The molecule has 0 unspecified atom stereocenters. The normalized spacial score (nSPS) is 10.1. The summed E-state index contributed by atoms with van der Waals surface area (Å²) in [6.07, 6.45) is 0. The Hall–Kier alpha value is -3.82. The largest absolute Gasteiger partial charge is 0.493 e. The lowest BCUT2D eigenvalue weighted by Gasteiger charge is -2.12. The number of rotatable bonds is 8. The molecule has 0 bridgehead atoms. The van der Waals surface area contributed by atoms with Crippen LogP contribution in [0.25, 0.3) is 0 Å². The number of ether oxygens (including phenoxy) is 2. The van der Waals surface area contributed by atoms with E-state index in [2.05, 4.69) is 10.6 Å². The van der Waals surface area contributed by atoms with Crippen molar-refractivity contribution in [3.8, 4) is 11.5 Å². The number of nitrogens with zero attached hydrogens (tertiary/aromatic N) is 1. The molecular formula is C18H20N4O6. The number of carbonyl (C=O) groups excluding carboxylic acids is 2. The van der Waals surface area contributed by atoms with E-state index in [0.717, 1.165) is 11.6 Å². The number of urea groups is 1. The summed E-state index contributed by atoms with van der Waals surface area (Å²) in [5.74, 6) is -0.222. The minimum absolute atomic E-state index is 0.128. The van der Waals surface area contributed by atoms with Crippen LogP contribution in [0.15, 0.2) is 36.4 Å². The van der Waals surface area contributed by atoms with Gasteiger partial charge in [0.15, 0.2) is 11.5 Å². The monoisotopic (exact) mass is 388 g/mol. The maximum absolute atomic E-state index is 12.5. The molecule has 0 spiro atoms. The Morgan fingerprint density at radius 1 is 1.18 bits per heavy atom. The van der Waals surface area contributed by atoms with Crippen LogP contribution in [0.2, 0.25) is 0 Å². The van der Waals surface area contributed by atoms with E-state index >= 15 is 0 Å². The second-order valence-corrected chi connectivity index (χ2v) is 5.58. The Morgan fingerprint density at radius 2 is 1.86 bits per heavy atom. The molecule has 2 aromatic rings. The number of carbonyl (C=O) groups is 2. The molecular weight excluding hydrogens is 368 g/mol. The highest BCUT2D eigenvalue weighted by Gasteiger charge is 2.24. The summed E-state index contributed by atoms with van der Waals surface area (Å²) in [4.78, 5) is 34.0. The molecule has 0 saturated carbocycles. The molecule has 0 aliphatic rings. The van der Waals surface area contributed by atoms with Gasteiger partial charge in [-0.05, 0) is 24.6 Å². The van der Waals surface area contributed by atoms with Gasteiger partial charge in [0.2, 0.25) is 0 Å². The second-order valence-electron chi connectivity index (χ2n) is 5.58. The fourth-order valence-corrected chi connectivity index (χ4v) is 2.44. The predicted octanol–water partition coefficient (Wildman–Crippen LogP) is 2.42. The van der Waals surface area contributed by atoms with Crippen molar-refractivity contribution in [2.45, 2.75) is 13.5 Å². The third kappa shape index (κ3) is 5.10. The Bertz CT molecular complexity index is 882. The van der Waals surface area contributed by atoms with Gasteiger partial charge in [0.05, 0.1) is 24.7 Å². The van der Waals surface area contributed by atoms with Crippen molar-refractivity contribution in [1.29, 1.82) is 0 Å². The third-order valence-corrected chi connectivity index (χ3v) is 3.70. The number of nitrogens with one attached hydrogen (secondary N) is 2. The smallest absolute Gasteiger partial charge is 0.316 e. The third-order valence-electron chi connectivity index (χ3n) is 3.70. The zero-order valence-corrected chi connectivity index (χ0v) is 15.4. The summed E-state index contributed by atoms with van der Waals surface area (Å²) in [5.41, 5.74) is 5.74. The van der Waals surface area contributed by atoms with E-state index in [4.69, 9.17) is 15.2 Å². The van der Waals surface area contributed by atoms with Crippen LogP contribution in [0.3, 0.4) is 0 Å². The number of nitro groups is 1. The van der Waals surface area contributed by atoms with Gasteiger partial charge in [-0.15, -0.1) is 0 Å². The standard InChI is InChI=1S/C18H20N4O6/c1-3-28-16-8-13(14(22(25)26)9-15(16)27-2)17(23)20-10-11-4-6-12(7-5-11)21-18(19)24/h4-9H,3,10H2,1-2H3,(H,20,23)(H3,19,21,24). The first kappa shape index (κ1) is 20.5. The molecule has 0 aliphatic heterocycles. The molecule has 2 aromatic carbocycles. The SMILES string of the molecule is CCOc1cc(C(=O)NCc2ccc(NC(N)=O)cc2)c([N+](=O)[O-])cc1OC. The summed E-state index contributed by atoms with van der Waals surface area (Å²) in [7, 11) is 1.36. The van der Waals surface area contributed by atoms with Crippen LogP contribution in [0, 0.1) is 10.1 Å². The number of primary amides is 1. The quantitative estimate of drug-likeness (QED) is 0.467. The minimum Gasteiger partial charge on any atom is -0.493 e. The van der Waals surface area contributed by atoms with Crippen LogP contribution >= 0.6 is 0 Å². The van der Waals surface area contributed by atoms with E-state index in [1.807, 2.05) is 0 Å². The van der Waals surface area contributed by atoms with Gasteiger partial charge in [0, 0.05) is 18.3 Å². The van der Waals surface area contributed by atoms with Crippen LogP contribution in [-0.2, 0) is 6.54 Å². The fraction of sp³-hybridized carbons (Fsp3) is 0.222. The molecule has 0 fully saturated rings. The number of nitrogens with two attached hydrogens (primary N) is 1. The van der Waals surface area contributed by atoms with E-state index in [1.54, 1.807) is 31.2 Å². The lowest BCUT2D eigenvalue weighted by atomic mass is 10.1. The molecule has 0 atom stereocenters. The molecule has 3 amide bonds. The van der Waals surface area contributed by atoms with Gasteiger partial charge >= 0.3 is 6.03 Å². The predicted molar refractivity (Wildman–Crippen MR) is 102 cm³/mol. The molecule has 0 heterocycles. The van der Waals surface area contributed by atoms with Crippen molar-refractivity contribution < 1.29 is 24.0 Å². The molecule has 0 saturated heterocycles. The summed E-state index contributed by atoms with van der Waals surface area (Å²) in [6.45, 7) is 2.18. The summed E-state index contributed by atoms with van der Waals surface area (Å²) in [6, 6.07) is 8.36. The first-order chi connectivity index (χ1) is 13.3. The van der Waals surface area contributed by atoms with Crippen LogP contribution in [0.1, 0.15) is 22.8 Å². The first-order valence-corrected chi connectivity index (χ1v) is 8.28. The molecule has 0 radical (unpaired) electrons. The maximum Gasteiger partial charge on any atom is 0.316 e. The lowest BCUT2D eigenvalue weighted by Crippen LogP contribution is -2.24. The number of benzene rings is 2. The Balaban J connectivity index is 2.19. The van der Waals surface area contributed by atoms with Crippen LogP contribution in [0.4, 0.5) is 16.2 Å². The average molecular weight is 388 g/mol. The van der Waals surface area contributed by atoms with E-state index < -0.39 is 16.9 Å². The molecule has 4 N–H and O–H groups in total. The summed E-state index contributed by atoms with van der Waals surface area (Å²) in [5, 5.41) is 16.4. The second kappa shape index (κ2) is 9.21. The van der Waals surface area contributed by atoms with Gasteiger partial charge in [-0.25, -0.2) is 4.79 Å². The first-order valence-electron chi connectivity index (χ1n) is 8.28. The van der Waals surface area contributed by atoms with Crippen molar-refractivity contribution in [3.05, 3.63) is 57.6 Å². The lowest BCUT2D eigenvalue weighted by molar-refractivity contribution is -0.385. The van der Waals surface area contributed by atoms with Gasteiger partial charge in [-0.1, -0.05) is 12.1 Å². The van der Waals surface area contributed by atoms with Crippen molar-refractivity contribution >= 4 is 23.3 Å². The highest BCUT2D eigenvalue weighted by atomic mass is 16.6. The van der Waals surface area contributed by atoms with Gasteiger partial charge in [0.25, 0.3) is 11.6 Å². The molecule has 0 aromatic heterocycles. The van der Waals surface area contributed by atoms with Crippen molar-refractivity contribution in [1.82, 2.24) is 5.32 Å². The van der Waals surface area contributed by atoms with Crippen LogP contribution in [0.5, 0.6) is 11.5 Å². The van der Waals surface area contributed by atoms with Gasteiger partial charge in [-0.2, -0.15) is 0 Å². The number of nitro benzene ring substituents is 1. The number of methoxy groups -OCH3 is 1. The van der Waals surface area contributed by atoms with Gasteiger partial charge in [-0.3, -0.25) is 14.9 Å². The summed E-state index contributed by atoms with van der Waals surface area (Å²) >= 11 is 0. The van der Waals surface area contributed by atoms with E-state index in [1.165, 1.54) is 13.2 Å².